The second-order valence-corrected chi connectivity index (χ2v) is 25.6. The van der Waals surface area contributed by atoms with Crippen LogP contribution in [0, 0.1) is 11.5 Å². The van der Waals surface area contributed by atoms with E-state index in [0.717, 1.165) is 0 Å². The van der Waals surface area contributed by atoms with E-state index in [1.165, 1.54) is 55.4 Å². The Bertz CT molecular complexity index is 332. The molecule has 0 aliphatic heterocycles. The zero-order chi connectivity index (χ0) is 16.4. The summed E-state index contributed by atoms with van der Waals surface area (Å²) in [7, 11) is -1.28. The molecule has 0 aromatic carbocycles. The third-order valence-electron chi connectivity index (χ3n) is 4.26. The van der Waals surface area contributed by atoms with Crippen molar-refractivity contribution in [3.8, 4) is 11.5 Å². The third kappa shape index (κ3) is 9.13. The SMILES string of the molecule is C=[C](C#C[Si](C)(C)C)[Sn]([CH2]CCC)([CH2]CCC)[CH2]CCC. The molecule has 0 rings (SSSR count). The number of rotatable bonds is 10. The molecule has 0 fully saturated rings. The van der Waals surface area contributed by atoms with Crippen LogP contribution in [-0.2, 0) is 0 Å². The molecule has 0 bridgehead atoms. The van der Waals surface area contributed by atoms with E-state index in [0.29, 0.717) is 0 Å². The van der Waals surface area contributed by atoms with Crippen molar-refractivity contribution in [3.05, 3.63) is 10.2 Å². The molecule has 122 valence electrons. The van der Waals surface area contributed by atoms with Gasteiger partial charge in [0.05, 0.1) is 0 Å². The maximum atomic E-state index is 4.53. The summed E-state index contributed by atoms with van der Waals surface area (Å²) in [6, 6.07) is 0. The van der Waals surface area contributed by atoms with Gasteiger partial charge in [-0.05, 0) is 0 Å². The molecule has 0 aliphatic carbocycles. The molecule has 0 heterocycles. The van der Waals surface area contributed by atoms with Gasteiger partial charge in [-0.15, -0.1) is 0 Å². The summed E-state index contributed by atoms with van der Waals surface area (Å²) in [4.78, 5) is 0. The Labute approximate surface area is 140 Å². The number of allylic oxidation sites excluding steroid dienone is 1. The molecule has 0 aliphatic rings. The van der Waals surface area contributed by atoms with Crippen LogP contribution in [-0.4, -0.2) is 26.5 Å². The van der Waals surface area contributed by atoms with Gasteiger partial charge in [0.15, 0.2) is 0 Å². The summed E-state index contributed by atoms with van der Waals surface area (Å²) in [6.45, 7) is 18.5. The fourth-order valence-corrected chi connectivity index (χ4v) is 18.1. The molecule has 0 aromatic heterocycles. The molecular formula is C19H38SiSn. The predicted octanol–water partition coefficient (Wildman–Crippen LogP) is 6.81. The normalized spacial score (nSPS) is 11.9. The Morgan fingerprint density at radius 2 is 1.24 bits per heavy atom. The Morgan fingerprint density at radius 1 is 0.857 bits per heavy atom. The van der Waals surface area contributed by atoms with E-state index in [4.69, 9.17) is 0 Å². The molecule has 2 heteroatoms. The van der Waals surface area contributed by atoms with E-state index in [1.54, 1.807) is 0 Å². The summed E-state index contributed by atoms with van der Waals surface area (Å²) >= 11 is -2.27. The Morgan fingerprint density at radius 3 is 1.52 bits per heavy atom. The molecule has 0 nitrogen and oxygen atoms in total. The predicted molar refractivity (Wildman–Crippen MR) is 105 cm³/mol. The molecule has 0 saturated carbocycles. The van der Waals surface area contributed by atoms with Crippen molar-refractivity contribution in [2.24, 2.45) is 0 Å². The van der Waals surface area contributed by atoms with Gasteiger partial charge in [-0.1, -0.05) is 0 Å². The van der Waals surface area contributed by atoms with Crippen LogP contribution in [0.15, 0.2) is 10.2 Å². The second kappa shape index (κ2) is 10.9. The summed E-state index contributed by atoms with van der Waals surface area (Å²) in [5.74, 6) is 3.60. The first-order valence-corrected chi connectivity index (χ1v) is 20.0. The minimum atomic E-state index is -2.27. The molecule has 0 amide bonds. The third-order valence-corrected chi connectivity index (χ3v) is 20.4. The number of unbranched alkanes of at least 4 members (excludes halogenated alkanes) is 3. The zero-order valence-electron chi connectivity index (χ0n) is 15.6. The van der Waals surface area contributed by atoms with Gasteiger partial charge in [0.2, 0.25) is 0 Å². The van der Waals surface area contributed by atoms with Crippen LogP contribution >= 0.6 is 0 Å². The fraction of sp³-hybridized carbons (Fsp3) is 0.789. The average molecular weight is 413 g/mol. The Balaban J connectivity index is 5.26. The molecule has 0 radical (unpaired) electrons. The first-order chi connectivity index (χ1) is 9.81. The van der Waals surface area contributed by atoms with Crippen LogP contribution < -0.4 is 0 Å². The standard InChI is InChI=1S/C7H11Si.3C4H9.Sn/c1-5-6-7-8(2,3)4;3*1-3-4-2;/h1H2,2-4H3;3*1,3-4H2,2H3;. The van der Waals surface area contributed by atoms with Gasteiger partial charge in [0, 0.05) is 0 Å². The fourth-order valence-electron chi connectivity index (χ4n) is 2.77. The van der Waals surface area contributed by atoms with E-state index in [1.807, 2.05) is 0 Å². The van der Waals surface area contributed by atoms with Crippen LogP contribution in [0.1, 0.15) is 59.3 Å². The van der Waals surface area contributed by atoms with E-state index in [-0.39, 0.29) is 0 Å². The monoisotopic (exact) mass is 414 g/mol. The molecule has 0 aromatic rings. The summed E-state index contributed by atoms with van der Waals surface area (Å²) in [5.41, 5.74) is 3.60. The van der Waals surface area contributed by atoms with E-state index in [9.17, 15) is 0 Å². The summed E-state index contributed by atoms with van der Waals surface area (Å²) in [5, 5.41) is 0. The Hall–Kier alpha value is 0.316. The van der Waals surface area contributed by atoms with Crippen molar-refractivity contribution in [2.45, 2.75) is 92.2 Å². The summed E-state index contributed by atoms with van der Waals surface area (Å²) in [6.07, 6.45) is 8.18. The van der Waals surface area contributed by atoms with Gasteiger partial charge in [-0.2, -0.15) is 0 Å². The molecule has 0 unspecified atom stereocenters. The van der Waals surface area contributed by atoms with Crippen molar-refractivity contribution in [2.75, 3.05) is 0 Å². The van der Waals surface area contributed by atoms with Crippen molar-refractivity contribution in [1.29, 1.82) is 0 Å². The van der Waals surface area contributed by atoms with Crippen LogP contribution in [0.5, 0.6) is 0 Å². The molecule has 0 N–H and O–H groups in total. The van der Waals surface area contributed by atoms with Gasteiger partial charge < -0.3 is 0 Å². The minimum absolute atomic E-state index is 1.28. The van der Waals surface area contributed by atoms with Crippen LogP contribution in [0.3, 0.4) is 0 Å². The van der Waals surface area contributed by atoms with E-state index < -0.39 is 26.5 Å². The molecule has 0 spiro atoms. The molecule has 0 atom stereocenters. The first kappa shape index (κ1) is 21.3. The molecule has 21 heavy (non-hydrogen) atoms. The maximum absolute atomic E-state index is 4.53. The van der Waals surface area contributed by atoms with Crippen molar-refractivity contribution >= 4 is 26.5 Å². The van der Waals surface area contributed by atoms with Gasteiger partial charge in [-0.3, -0.25) is 0 Å². The topological polar surface area (TPSA) is 0 Å². The van der Waals surface area contributed by atoms with Crippen molar-refractivity contribution in [3.63, 3.8) is 0 Å². The molecule has 0 saturated heterocycles. The van der Waals surface area contributed by atoms with Crippen molar-refractivity contribution in [1.82, 2.24) is 0 Å². The quantitative estimate of drug-likeness (QED) is 0.273. The second-order valence-electron chi connectivity index (χ2n) is 7.57. The van der Waals surface area contributed by atoms with Gasteiger partial charge >= 0.3 is 140 Å². The number of hydrogen-bond donors (Lipinski definition) is 0. The van der Waals surface area contributed by atoms with Crippen LogP contribution in [0.4, 0.5) is 0 Å². The molecular weight excluding hydrogens is 375 g/mol. The zero-order valence-corrected chi connectivity index (χ0v) is 19.4. The van der Waals surface area contributed by atoms with Gasteiger partial charge in [0.25, 0.3) is 0 Å². The van der Waals surface area contributed by atoms with Crippen LogP contribution in [0.2, 0.25) is 33.0 Å². The summed E-state index contributed by atoms with van der Waals surface area (Å²) < 4.78 is 5.92. The number of hydrogen-bond acceptors (Lipinski definition) is 0. The Kier molecular flexibility index (Phi) is 11.1. The average Bonchev–Trinajstić information content (AvgIpc) is 2.43. The van der Waals surface area contributed by atoms with Crippen molar-refractivity contribution < 1.29 is 0 Å². The van der Waals surface area contributed by atoms with Gasteiger partial charge in [-0.25, -0.2) is 0 Å². The van der Waals surface area contributed by atoms with Gasteiger partial charge in [0.1, 0.15) is 0 Å². The van der Waals surface area contributed by atoms with E-state index in [2.05, 4.69) is 58.5 Å². The first-order valence-electron chi connectivity index (χ1n) is 9.04. The van der Waals surface area contributed by atoms with E-state index >= 15 is 0 Å². The van der Waals surface area contributed by atoms with Crippen LogP contribution in [0.25, 0.3) is 0 Å².